The highest BCUT2D eigenvalue weighted by Gasteiger charge is 2.37. The van der Waals surface area contributed by atoms with Crippen molar-refractivity contribution in [3.63, 3.8) is 0 Å². The van der Waals surface area contributed by atoms with Gasteiger partial charge in [-0.2, -0.15) is 4.72 Å². The van der Waals surface area contributed by atoms with Crippen LogP contribution < -0.4 is 4.72 Å². The first-order valence-corrected chi connectivity index (χ1v) is 14.3. The van der Waals surface area contributed by atoms with Gasteiger partial charge in [-0.25, -0.2) is 13.0 Å². The van der Waals surface area contributed by atoms with Crippen LogP contribution in [0.5, 0.6) is 0 Å². The van der Waals surface area contributed by atoms with Crippen LogP contribution in [0.15, 0.2) is 29.4 Å². The molecule has 14 heteroatoms. The van der Waals surface area contributed by atoms with Crippen LogP contribution in [0.1, 0.15) is 38.5 Å². The van der Waals surface area contributed by atoms with E-state index in [4.69, 9.17) is 34.8 Å². The van der Waals surface area contributed by atoms with Gasteiger partial charge in [0.05, 0.1) is 16.6 Å². The number of fused-ring (bicyclic) bond motifs is 1. The number of nitrogens with one attached hydrogen (secondary N) is 1. The second-order valence-corrected chi connectivity index (χ2v) is 12.1. The average Bonchev–Trinajstić information content (AvgIpc) is 3.29. The number of halogens is 3. The van der Waals surface area contributed by atoms with Crippen LogP contribution >= 0.6 is 34.8 Å². The third-order valence-corrected chi connectivity index (χ3v) is 9.56. The molecule has 36 heavy (non-hydrogen) atoms. The van der Waals surface area contributed by atoms with E-state index >= 15 is 0 Å². The van der Waals surface area contributed by atoms with Crippen LogP contribution in [0.25, 0.3) is 0 Å². The van der Waals surface area contributed by atoms with E-state index in [1.165, 1.54) is 35.5 Å². The Morgan fingerprint density at radius 3 is 2.50 bits per heavy atom. The Morgan fingerprint density at radius 1 is 1.17 bits per heavy atom. The van der Waals surface area contributed by atoms with E-state index in [2.05, 4.69) is 9.71 Å². The molecule has 3 unspecified atom stereocenters. The molecule has 1 amide bonds. The fraction of sp³-hybridized carbons (Fsp3) is 0.545. The van der Waals surface area contributed by atoms with Crippen molar-refractivity contribution in [3.8, 4) is 0 Å². The van der Waals surface area contributed by atoms with Crippen LogP contribution in [0, 0.1) is 22.0 Å². The first-order valence-electron chi connectivity index (χ1n) is 11.7. The summed E-state index contributed by atoms with van der Waals surface area (Å²) in [5.41, 5.74) is 0. The number of likely N-dealkylation sites (tertiary alicyclic amines) is 1. The van der Waals surface area contributed by atoms with Gasteiger partial charge in [-0.3, -0.25) is 4.79 Å². The zero-order valence-corrected chi connectivity index (χ0v) is 22.4. The lowest BCUT2D eigenvalue weighted by Gasteiger charge is -2.42. The van der Waals surface area contributed by atoms with E-state index < -0.39 is 26.9 Å². The molecule has 2 aliphatic rings. The predicted molar refractivity (Wildman–Crippen MR) is 136 cm³/mol. The van der Waals surface area contributed by atoms with Crippen LogP contribution in [0.4, 0.5) is 5.95 Å². The third-order valence-electron chi connectivity index (χ3n) is 6.95. The number of piperidine rings is 1. The standard InChI is InChI=1S/C22H26Cl3N5O5S/c23-16-11-17(24)20(18(25)12-16)36(34,35)27-19(6-9-28-10-7-26-22(28)30(32)33)21(31)29-8-5-14-3-1-2-4-15(14)13-29/h7,10-12,14-15,19,27H,1-6,8-9,13H2. The molecule has 0 radical (unpaired) electrons. The molecule has 2 fully saturated rings. The summed E-state index contributed by atoms with van der Waals surface area (Å²) in [5, 5.41) is 11.1. The largest absolute Gasteiger partial charge is 0.434 e. The summed E-state index contributed by atoms with van der Waals surface area (Å²) in [6, 6.07) is 1.31. The summed E-state index contributed by atoms with van der Waals surface area (Å²) in [6.07, 6.45) is 8.04. The van der Waals surface area contributed by atoms with Gasteiger partial charge in [0.15, 0.2) is 0 Å². The summed E-state index contributed by atoms with van der Waals surface area (Å²) in [4.78, 5) is 29.3. The van der Waals surface area contributed by atoms with E-state index in [0.29, 0.717) is 24.9 Å². The maximum absolute atomic E-state index is 13.6. The van der Waals surface area contributed by atoms with Gasteiger partial charge in [-0.15, -0.1) is 0 Å². The third kappa shape index (κ3) is 5.96. The number of hydrogen-bond acceptors (Lipinski definition) is 6. The normalized spacial score (nSPS) is 21.1. The molecule has 1 aromatic carbocycles. The van der Waals surface area contributed by atoms with Gasteiger partial charge in [0.2, 0.25) is 15.9 Å². The molecular formula is C22H26Cl3N5O5S. The van der Waals surface area contributed by atoms with Gasteiger partial charge in [0, 0.05) is 24.5 Å². The van der Waals surface area contributed by atoms with Crippen molar-refractivity contribution in [1.82, 2.24) is 19.2 Å². The molecule has 1 aliphatic heterocycles. The predicted octanol–water partition coefficient (Wildman–Crippen LogP) is 4.53. The van der Waals surface area contributed by atoms with Gasteiger partial charge in [0.25, 0.3) is 0 Å². The minimum absolute atomic E-state index is 0.00276. The quantitative estimate of drug-likeness (QED) is 0.362. The zero-order valence-electron chi connectivity index (χ0n) is 19.3. The van der Waals surface area contributed by atoms with Crippen molar-refractivity contribution in [2.75, 3.05) is 13.1 Å². The summed E-state index contributed by atoms with van der Waals surface area (Å²) in [7, 11) is -4.34. The molecule has 2 heterocycles. The first kappa shape index (κ1) is 27.1. The molecule has 196 valence electrons. The van der Waals surface area contributed by atoms with Gasteiger partial charge in [0.1, 0.15) is 23.3 Å². The van der Waals surface area contributed by atoms with E-state index in [1.807, 2.05) is 0 Å². The maximum Gasteiger partial charge on any atom is 0.434 e. The Kier molecular flexibility index (Phi) is 8.45. The lowest BCUT2D eigenvalue weighted by atomic mass is 9.75. The van der Waals surface area contributed by atoms with Gasteiger partial charge in [-0.05, 0) is 41.7 Å². The minimum atomic E-state index is -4.34. The van der Waals surface area contributed by atoms with E-state index in [0.717, 1.165) is 25.7 Å². The van der Waals surface area contributed by atoms with Gasteiger partial charge in [-0.1, -0.05) is 59.0 Å². The van der Waals surface area contributed by atoms with E-state index in [9.17, 15) is 23.3 Å². The average molecular weight is 579 g/mol. The van der Waals surface area contributed by atoms with Crippen molar-refractivity contribution in [2.45, 2.75) is 56.0 Å². The highest BCUT2D eigenvalue weighted by molar-refractivity contribution is 7.89. The Balaban J connectivity index is 1.59. The number of amides is 1. The van der Waals surface area contributed by atoms with Crippen molar-refractivity contribution in [3.05, 3.63) is 49.7 Å². The molecule has 4 rings (SSSR count). The van der Waals surface area contributed by atoms with Crippen LogP contribution in [-0.2, 0) is 21.4 Å². The molecule has 0 spiro atoms. The summed E-state index contributed by atoms with van der Waals surface area (Å²) < 4.78 is 30.4. The zero-order chi connectivity index (χ0) is 26.0. The number of aromatic nitrogens is 2. The summed E-state index contributed by atoms with van der Waals surface area (Å²) in [6.45, 7) is 1.10. The molecule has 0 bridgehead atoms. The Labute approximate surface area is 224 Å². The molecule has 1 saturated carbocycles. The first-order chi connectivity index (χ1) is 17.1. The molecule has 10 nitrogen and oxygen atoms in total. The minimum Gasteiger partial charge on any atom is -0.390 e. The highest BCUT2D eigenvalue weighted by Crippen LogP contribution is 2.37. The lowest BCUT2D eigenvalue weighted by Crippen LogP contribution is -2.53. The second-order valence-electron chi connectivity index (χ2n) is 9.22. The van der Waals surface area contributed by atoms with Crippen LogP contribution in [0.2, 0.25) is 15.1 Å². The summed E-state index contributed by atoms with van der Waals surface area (Å²) in [5.74, 6) is 0.198. The highest BCUT2D eigenvalue weighted by atomic mass is 35.5. The number of imidazole rings is 1. The monoisotopic (exact) mass is 577 g/mol. The van der Waals surface area contributed by atoms with E-state index in [-0.39, 0.29) is 38.8 Å². The van der Waals surface area contributed by atoms with Crippen LogP contribution in [-0.4, -0.2) is 52.8 Å². The summed E-state index contributed by atoms with van der Waals surface area (Å²) >= 11 is 18.2. The van der Waals surface area contributed by atoms with Crippen molar-refractivity contribution in [2.24, 2.45) is 11.8 Å². The second kappa shape index (κ2) is 11.2. The number of benzene rings is 1. The topological polar surface area (TPSA) is 127 Å². The Morgan fingerprint density at radius 2 is 1.83 bits per heavy atom. The number of nitro groups is 1. The number of rotatable bonds is 8. The lowest BCUT2D eigenvalue weighted by molar-refractivity contribution is -0.396. The van der Waals surface area contributed by atoms with Crippen molar-refractivity contribution >= 4 is 56.7 Å². The van der Waals surface area contributed by atoms with E-state index in [1.54, 1.807) is 4.90 Å². The maximum atomic E-state index is 13.6. The number of hydrogen-bond donors (Lipinski definition) is 1. The van der Waals surface area contributed by atoms with Crippen molar-refractivity contribution in [1.29, 1.82) is 0 Å². The number of carbonyl (C=O) groups excluding carboxylic acids is 1. The SMILES string of the molecule is O=C(C(CCn1ccnc1[N+](=O)[O-])NS(=O)(=O)c1c(Cl)cc(Cl)cc1Cl)N1CCC2CCCCC2C1. The Hall–Kier alpha value is -1.92. The molecule has 1 aromatic heterocycles. The number of nitrogens with zero attached hydrogens (tertiary/aromatic N) is 4. The molecule has 3 atom stereocenters. The smallest absolute Gasteiger partial charge is 0.390 e. The van der Waals surface area contributed by atoms with Crippen LogP contribution in [0.3, 0.4) is 0 Å². The fourth-order valence-electron chi connectivity index (χ4n) is 5.20. The number of aryl methyl sites for hydroxylation is 1. The number of carbonyl (C=O) groups is 1. The van der Waals surface area contributed by atoms with Crippen molar-refractivity contribution < 1.29 is 18.1 Å². The molecule has 2 aromatic rings. The molecule has 1 aliphatic carbocycles. The van der Waals surface area contributed by atoms with Gasteiger partial charge < -0.3 is 15.0 Å². The molecule has 1 N–H and O–H groups in total. The fourth-order valence-corrected chi connectivity index (χ4v) is 7.97. The molecular weight excluding hydrogens is 553 g/mol. The molecule has 1 saturated heterocycles. The number of sulfonamides is 1. The Bertz CT molecular complexity index is 1230. The van der Waals surface area contributed by atoms with Gasteiger partial charge >= 0.3 is 5.95 Å².